The summed E-state index contributed by atoms with van der Waals surface area (Å²) in [4.78, 5) is 4.70. The van der Waals surface area contributed by atoms with E-state index in [0.29, 0.717) is 6.54 Å². The zero-order chi connectivity index (χ0) is 21.0. The van der Waals surface area contributed by atoms with Crippen molar-refractivity contribution in [1.29, 1.82) is 0 Å². The molecule has 0 fully saturated rings. The summed E-state index contributed by atoms with van der Waals surface area (Å²) in [5.74, 6) is -0.229. The molecule has 0 amide bonds. The minimum Gasteiger partial charge on any atom is -0.285 e. The molecule has 0 aliphatic rings. The fraction of sp³-hybridized carbons (Fsp3) is 0.222. The molecule has 0 aromatic heterocycles. The highest BCUT2D eigenvalue weighted by Crippen LogP contribution is 2.28. The first-order chi connectivity index (χ1) is 13.9. The van der Waals surface area contributed by atoms with Gasteiger partial charge in [-0.25, -0.2) is 4.39 Å². The number of benzene rings is 3. The predicted molar refractivity (Wildman–Crippen MR) is 123 cm³/mol. The van der Waals surface area contributed by atoms with E-state index in [1.165, 1.54) is 28.3 Å². The Morgan fingerprint density at radius 3 is 2.34 bits per heavy atom. The Labute approximate surface area is 173 Å². The number of aliphatic imine (C=N–C) groups is 1. The van der Waals surface area contributed by atoms with Crippen molar-refractivity contribution in [2.45, 2.75) is 34.1 Å². The van der Waals surface area contributed by atoms with E-state index in [1.807, 2.05) is 13.0 Å². The van der Waals surface area contributed by atoms with Gasteiger partial charge in [-0.3, -0.25) is 4.99 Å². The molecule has 148 valence electrons. The topological polar surface area (TPSA) is 12.4 Å². The van der Waals surface area contributed by atoms with Crippen molar-refractivity contribution in [2.24, 2.45) is 4.99 Å². The lowest BCUT2D eigenvalue weighted by Gasteiger charge is -2.12. The van der Waals surface area contributed by atoms with Crippen LogP contribution in [-0.2, 0) is 6.42 Å². The summed E-state index contributed by atoms with van der Waals surface area (Å²) in [7, 11) is 0. The van der Waals surface area contributed by atoms with Gasteiger partial charge in [-0.15, -0.1) is 0 Å². The molecule has 0 heterocycles. The number of hydrogen-bond acceptors (Lipinski definition) is 1. The van der Waals surface area contributed by atoms with Gasteiger partial charge in [0.2, 0.25) is 0 Å². The Morgan fingerprint density at radius 1 is 0.931 bits per heavy atom. The van der Waals surface area contributed by atoms with Crippen LogP contribution in [-0.4, -0.2) is 12.3 Å². The summed E-state index contributed by atoms with van der Waals surface area (Å²) < 4.78 is 13.7. The molecule has 29 heavy (non-hydrogen) atoms. The molecular weight excluding hydrogens is 357 g/mol. The van der Waals surface area contributed by atoms with Crippen LogP contribution in [0.4, 0.5) is 4.39 Å². The molecule has 3 aromatic carbocycles. The molecular formula is C27H28FN. The number of rotatable bonds is 6. The van der Waals surface area contributed by atoms with Gasteiger partial charge in [0.05, 0.1) is 6.54 Å². The molecule has 3 aromatic rings. The molecule has 0 spiro atoms. The highest BCUT2D eigenvalue weighted by Gasteiger charge is 2.09. The number of halogens is 1. The molecule has 0 bridgehead atoms. The van der Waals surface area contributed by atoms with Crippen LogP contribution >= 0.6 is 0 Å². The summed E-state index contributed by atoms with van der Waals surface area (Å²) in [6.45, 7) is 13.0. The van der Waals surface area contributed by atoms with Crippen molar-refractivity contribution < 1.29 is 4.39 Å². The summed E-state index contributed by atoms with van der Waals surface area (Å²) in [6.07, 6.45) is 0.850. The first-order valence-corrected chi connectivity index (χ1v) is 10.1. The lowest BCUT2D eigenvalue weighted by atomic mass is 9.94. The van der Waals surface area contributed by atoms with Gasteiger partial charge in [-0.2, -0.15) is 0 Å². The highest BCUT2D eigenvalue weighted by molar-refractivity contribution is 6.00. The largest absolute Gasteiger partial charge is 0.285 e. The molecule has 0 aliphatic carbocycles. The molecule has 0 N–H and O–H groups in total. The van der Waals surface area contributed by atoms with Crippen LogP contribution in [0.1, 0.15) is 41.7 Å². The Kier molecular flexibility index (Phi) is 6.43. The van der Waals surface area contributed by atoms with Crippen molar-refractivity contribution in [2.75, 3.05) is 6.54 Å². The van der Waals surface area contributed by atoms with Gasteiger partial charge in [-0.1, -0.05) is 62.0 Å². The van der Waals surface area contributed by atoms with Crippen molar-refractivity contribution in [3.05, 3.63) is 101 Å². The lowest BCUT2D eigenvalue weighted by molar-refractivity contribution is 0.626. The maximum Gasteiger partial charge on any atom is 0.123 e. The normalized spacial score (nSPS) is 11.6. The SMILES string of the molecule is C=C(CN=C(C)c1cc(F)ccc1CC)c1ccc(-c2ccccc2C)c(C)c1. The van der Waals surface area contributed by atoms with Crippen molar-refractivity contribution in [1.82, 2.24) is 0 Å². The Balaban J connectivity index is 1.81. The average molecular weight is 386 g/mol. The third-order valence-electron chi connectivity index (χ3n) is 5.42. The van der Waals surface area contributed by atoms with Gasteiger partial charge in [-0.05, 0) is 78.3 Å². The number of hydrogen-bond donors (Lipinski definition) is 0. The standard InChI is InChI=1S/C27H28FN/c1-6-22-11-13-24(28)16-27(22)21(5)29-17-20(4)23-12-14-26(19(3)15-23)25-10-8-7-9-18(25)2/h7-16H,4,6,17H2,1-3,5H3. The van der Waals surface area contributed by atoms with Gasteiger partial charge in [0.25, 0.3) is 0 Å². The van der Waals surface area contributed by atoms with Gasteiger partial charge < -0.3 is 0 Å². The third-order valence-corrected chi connectivity index (χ3v) is 5.42. The fourth-order valence-electron chi connectivity index (χ4n) is 3.65. The van der Waals surface area contributed by atoms with E-state index in [1.54, 1.807) is 6.07 Å². The molecule has 1 nitrogen and oxygen atoms in total. The van der Waals surface area contributed by atoms with E-state index in [9.17, 15) is 4.39 Å². The van der Waals surface area contributed by atoms with Gasteiger partial charge >= 0.3 is 0 Å². The fourth-order valence-corrected chi connectivity index (χ4v) is 3.65. The second kappa shape index (κ2) is 9.00. The van der Waals surface area contributed by atoms with Crippen molar-refractivity contribution >= 4 is 11.3 Å². The second-order valence-corrected chi connectivity index (χ2v) is 7.50. The number of aryl methyl sites for hydroxylation is 3. The second-order valence-electron chi connectivity index (χ2n) is 7.50. The van der Waals surface area contributed by atoms with E-state index in [0.717, 1.165) is 34.4 Å². The molecule has 0 atom stereocenters. The quantitative estimate of drug-likeness (QED) is 0.398. The van der Waals surface area contributed by atoms with Crippen LogP contribution in [0.5, 0.6) is 0 Å². The van der Waals surface area contributed by atoms with Crippen LogP contribution in [0.25, 0.3) is 16.7 Å². The molecule has 0 aliphatic heterocycles. The molecule has 0 saturated heterocycles. The smallest absolute Gasteiger partial charge is 0.123 e. The van der Waals surface area contributed by atoms with E-state index in [4.69, 9.17) is 4.99 Å². The molecule has 0 unspecified atom stereocenters. The van der Waals surface area contributed by atoms with Crippen LogP contribution in [0, 0.1) is 19.7 Å². The van der Waals surface area contributed by atoms with Gasteiger partial charge in [0.1, 0.15) is 5.82 Å². The summed E-state index contributed by atoms with van der Waals surface area (Å²) in [6, 6.07) is 19.8. The van der Waals surface area contributed by atoms with Crippen LogP contribution < -0.4 is 0 Å². The number of nitrogens with zero attached hydrogens (tertiary/aromatic N) is 1. The minimum atomic E-state index is -0.229. The van der Waals surface area contributed by atoms with Gasteiger partial charge in [0, 0.05) is 11.3 Å². The maximum absolute atomic E-state index is 13.7. The molecule has 0 radical (unpaired) electrons. The lowest BCUT2D eigenvalue weighted by Crippen LogP contribution is -2.03. The summed E-state index contributed by atoms with van der Waals surface area (Å²) in [5, 5.41) is 0. The summed E-state index contributed by atoms with van der Waals surface area (Å²) in [5.41, 5.74) is 9.87. The monoisotopic (exact) mass is 385 g/mol. The van der Waals surface area contributed by atoms with Crippen LogP contribution in [0.2, 0.25) is 0 Å². The molecule has 3 rings (SSSR count). The van der Waals surface area contributed by atoms with E-state index >= 15 is 0 Å². The van der Waals surface area contributed by atoms with Crippen LogP contribution in [0.3, 0.4) is 0 Å². The summed E-state index contributed by atoms with van der Waals surface area (Å²) >= 11 is 0. The zero-order valence-electron chi connectivity index (χ0n) is 17.7. The van der Waals surface area contributed by atoms with Crippen molar-refractivity contribution in [3.63, 3.8) is 0 Å². The molecule has 2 heteroatoms. The maximum atomic E-state index is 13.7. The zero-order valence-corrected chi connectivity index (χ0v) is 17.7. The average Bonchev–Trinajstić information content (AvgIpc) is 2.72. The van der Waals surface area contributed by atoms with E-state index in [2.05, 4.69) is 69.8 Å². The Morgan fingerprint density at radius 2 is 1.66 bits per heavy atom. The molecule has 0 saturated carbocycles. The van der Waals surface area contributed by atoms with Crippen LogP contribution in [0.15, 0.2) is 72.2 Å². The minimum absolute atomic E-state index is 0.229. The first-order valence-electron chi connectivity index (χ1n) is 10.1. The first kappa shape index (κ1) is 20.7. The Bertz CT molecular complexity index is 1080. The highest BCUT2D eigenvalue weighted by atomic mass is 19.1. The van der Waals surface area contributed by atoms with Crippen molar-refractivity contribution in [3.8, 4) is 11.1 Å². The predicted octanol–water partition coefficient (Wildman–Crippen LogP) is 7.19. The van der Waals surface area contributed by atoms with E-state index in [-0.39, 0.29) is 5.82 Å². The third kappa shape index (κ3) is 4.71. The van der Waals surface area contributed by atoms with Gasteiger partial charge in [0.15, 0.2) is 0 Å². The Hall–Kier alpha value is -3.00. The van der Waals surface area contributed by atoms with E-state index < -0.39 is 0 Å².